The highest BCUT2D eigenvalue weighted by Crippen LogP contribution is 2.46. The third kappa shape index (κ3) is 6.41. The van der Waals surface area contributed by atoms with Crippen molar-refractivity contribution in [3.8, 4) is 11.6 Å². The monoisotopic (exact) mass is 580 g/mol. The first-order valence-electron chi connectivity index (χ1n) is 12.2. The van der Waals surface area contributed by atoms with E-state index in [1.807, 2.05) is 6.92 Å². The van der Waals surface area contributed by atoms with E-state index in [1.54, 1.807) is 12.1 Å². The number of primary amides is 1. The smallest absolute Gasteiger partial charge is 0.422 e. The number of benzene rings is 1. The molecule has 0 spiro atoms. The average molecular weight is 581 g/mol. The number of carbonyl (C=O) groups is 2. The molecule has 1 aromatic carbocycles. The Labute approximate surface area is 227 Å². The summed E-state index contributed by atoms with van der Waals surface area (Å²) in [7, 11) is -3.69. The first-order chi connectivity index (χ1) is 18.7. The lowest BCUT2D eigenvalue weighted by atomic mass is 9.75. The van der Waals surface area contributed by atoms with Crippen LogP contribution in [0.5, 0.6) is 5.75 Å². The molecule has 0 fully saturated rings. The number of sulfone groups is 1. The fraction of sp³-hybridized carbons (Fsp3) is 0.400. The molecule has 1 aliphatic rings. The summed E-state index contributed by atoms with van der Waals surface area (Å²) in [6, 6.07) is 4.78. The number of fused-ring (bicyclic) bond motifs is 1. The van der Waals surface area contributed by atoms with Crippen LogP contribution in [0.2, 0.25) is 0 Å². The number of alkyl halides is 3. The van der Waals surface area contributed by atoms with Crippen LogP contribution in [0.3, 0.4) is 0 Å². The summed E-state index contributed by atoms with van der Waals surface area (Å²) in [5.74, 6) is -2.53. The molecule has 1 aliphatic carbocycles. The summed E-state index contributed by atoms with van der Waals surface area (Å²) in [6.45, 7) is 0.544. The first kappa shape index (κ1) is 29.0. The van der Waals surface area contributed by atoms with E-state index in [2.05, 4.69) is 20.4 Å². The zero-order valence-corrected chi connectivity index (χ0v) is 22.5. The van der Waals surface area contributed by atoms with Gasteiger partial charge in [-0.15, -0.1) is 0 Å². The van der Waals surface area contributed by atoms with Gasteiger partial charge in [0, 0.05) is 30.5 Å². The Kier molecular flexibility index (Phi) is 7.87. The minimum atomic E-state index is -4.46. The highest BCUT2D eigenvalue weighted by atomic mass is 32.2. The molecule has 214 valence electrons. The predicted molar refractivity (Wildman–Crippen MR) is 138 cm³/mol. The van der Waals surface area contributed by atoms with E-state index in [0.29, 0.717) is 19.3 Å². The van der Waals surface area contributed by atoms with Crippen molar-refractivity contribution >= 4 is 27.5 Å². The van der Waals surface area contributed by atoms with Gasteiger partial charge in [-0.05, 0) is 42.5 Å². The van der Waals surface area contributed by atoms with E-state index in [4.69, 9.17) is 10.5 Å². The number of aromatic nitrogens is 4. The van der Waals surface area contributed by atoms with E-state index < -0.39 is 45.6 Å². The lowest BCUT2D eigenvalue weighted by Gasteiger charge is -2.29. The van der Waals surface area contributed by atoms with Gasteiger partial charge in [0.2, 0.25) is 5.91 Å². The van der Waals surface area contributed by atoms with E-state index in [0.717, 1.165) is 17.4 Å². The van der Waals surface area contributed by atoms with E-state index in [-0.39, 0.29) is 35.1 Å². The van der Waals surface area contributed by atoms with Gasteiger partial charge in [-0.2, -0.15) is 23.0 Å². The van der Waals surface area contributed by atoms with Crippen molar-refractivity contribution in [2.45, 2.75) is 44.2 Å². The van der Waals surface area contributed by atoms with Crippen molar-refractivity contribution in [1.29, 1.82) is 0 Å². The largest absolute Gasteiger partial charge is 0.484 e. The molecule has 2 aromatic heterocycles. The van der Waals surface area contributed by atoms with Crippen LogP contribution in [-0.2, 0) is 32.9 Å². The summed E-state index contributed by atoms with van der Waals surface area (Å²) in [5, 5.41) is 7.00. The van der Waals surface area contributed by atoms with Crippen LogP contribution in [0.15, 0.2) is 36.8 Å². The number of hydrogen-bond donors (Lipinski definition) is 2. The number of halogens is 3. The van der Waals surface area contributed by atoms with Gasteiger partial charge in [-0.3, -0.25) is 14.6 Å². The molecule has 4 rings (SSSR count). The second kappa shape index (κ2) is 10.9. The summed E-state index contributed by atoms with van der Waals surface area (Å²) in [6.07, 6.45) is 2.52. The standard InChI is InChI=1S/C25H27F3N6O5S/c1-3-24(7-6-15-10-16(4-5-17(15)24)39-14-25(26,27)28)11-18-21(22(29)36)23(32-20(35)13-40(2,37)38)34(33-18)19-12-30-8-9-31-19/h4-5,8-10,12H,3,6-7,11,13-14H2,1-2H3,(H2,29,36)(H,32,35)/t24-/m0/s1. The van der Waals surface area contributed by atoms with E-state index in [9.17, 15) is 31.2 Å². The number of anilines is 1. The molecule has 0 aliphatic heterocycles. The summed E-state index contributed by atoms with van der Waals surface area (Å²) in [5.41, 5.74) is 7.00. The number of nitrogens with one attached hydrogen (secondary N) is 1. The Balaban J connectivity index is 1.76. The Hall–Kier alpha value is -4.01. The maximum Gasteiger partial charge on any atom is 0.422 e. The maximum absolute atomic E-state index is 12.7. The number of ether oxygens (including phenoxy) is 1. The molecule has 0 saturated carbocycles. The maximum atomic E-state index is 12.7. The van der Waals surface area contributed by atoms with Crippen molar-refractivity contribution in [3.63, 3.8) is 0 Å². The van der Waals surface area contributed by atoms with Crippen LogP contribution >= 0.6 is 0 Å². The van der Waals surface area contributed by atoms with Crippen LogP contribution in [0.25, 0.3) is 5.82 Å². The molecular formula is C25H27F3N6O5S. The Morgan fingerprint density at radius 3 is 2.60 bits per heavy atom. The van der Waals surface area contributed by atoms with Gasteiger partial charge in [0.15, 0.2) is 28.1 Å². The molecule has 0 bridgehead atoms. The normalized spacial score (nSPS) is 16.9. The second-order valence-corrected chi connectivity index (χ2v) is 11.8. The number of nitrogens with two attached hydrogens (primary N) is 1. The lowest BCUT2D eigenvalue weighted by Crippen LogP contribution is -2.28. The third-order valence-corrected chi connectivity index (χ3v) is 7.51. The molecule has 3 aromatic rings. The molecule has 0 radical (unpaired) electrons. The number of aryl methyl sites for hydroxylation is 1. The van der Waals surface area contributed by atoms with Gasteiger partial charge in [-0.25, -0.2) is 13.4 Å². The molecule has 0 unspecified atom stereocenters. The van der Waals surface area contributed by atoms with Gasteiger partial charge >= 0.3 is 6.18 Å². The van der Waals surface area contributed by atoms with Crippen molar-refractivity contribution in [2.24, 2.45) is 5.73 Å². The highest BCUT2D eigenvalue weighted by molar-refractivity contribution is 7.91. The van der Waals surface area contributed by atoms with E-state index in [1.165, 1.54) is 29.3 Å². The van der Waals surface area contributed by atoms with Crippen LogP contribution in [0, 0.1) is 0 Å². The zero-order chi connectivity index (χ0) is 29.3. The van der Waals surface area contributed by atoms with Gasteiger partial charge < -0.3 is 15.8 Å². The zero-order valence-electron chi connectivity index (χ0n) is 21.7. The lowest BCUT2D eigenvalue weighted by molar-refractivity contribution is -0.153. The number of hydrogen-bond acceptors (Lipinski definition) is 8. The minimum Gasteiger partial charge on any atom is -0.484 e. The molecule has 0 saturated heterocycles. The quantitative estimate of drug-likeness (QED) is 0.370. The molecule has 2 heterocycles. The first-order valence-corrected chi connectivity index (χ1v) is 14.3. The number of rotatable bonds is 10. The van der Waals surface area contributed by atoms with Crippen LogP contribution in [0.1, 0.15) is 46.9 Å². The molecule has 3 N–H and O–H groups in total. The predicted octanol–water partition coefficient (Wildman–Crippen LogP) is 2.52. The van der Waals surface area contributed by atoms with Crippen molar-refractivity contribution in [2.75, 3.05) is 23.9 Å². The van der Waals surface area contributed by atoms with Gasteiger partial charge in [0.1, 0.15) is 17.1 Å². The van der Waals surface area contributed by atoms with Gasteiger partial charge in [0.05, 0.1) is 11.9 Å². The fourth-order valence-corrected chi connectivity index (χ4v) is 5.54. The second-order valence-electron chi connectivity index (χ2n) is 9.66. The minimum absolute atomic E-state index is 0.101. The number of amides is 2. The van der Waals surface area contributed by atoms with Crippen molar-refractivity contribution in [3.05, 3.63) is 59.2 Å². The summed E-state index contributed by atoms with van der Waals surface area (Å²) >= 11 is 0. The topological polar surface area (TPSA) is 159 Å². The number of carbonyl (C=O) groups excluding carboxylic acids is 2. The Bertz CT molecular complexity index is 1540. The molecule has 1 atom stereocenters. The summed E-state index contributed by atoms with van der Waals surface area (Å²) < 4.78 is 67.3. The SMILES string of the molecule is CC[C@@]1(Cc2nn(-c3cnccn3)c(NC(=O)CS(C)(=O)=O)c2C(N)=O)CCc2cc(OCC(F)(F)F)ccc21. The van der Waals surface area contributed by atoms with Crippen LogP contribution < -0.4 is 15.8 Å². The van der Waals surface area contributed by atoms with Gasteiger partial charge in [0.25, 0.3) is 5.91 Å². The van der Waals surface area contributed by atoms with Gasteiger partial charge in [-0.1, -0.05) is 13.0 Å². The molecular weight excluding hydrogens is 553 g/mol. The summed E-state index contributed by atoms with van der Waals surface area (Å²) in [4.78, 5) is 33.5. The van der Waals surface area contributed by atoms with Crippen LogP contribution in [-0.4, -0.2) is 64.8 Å². The van der Waals surface area contributed by atoms with E-state index >= 15 is 0 Å². The molecule has 2 amide bonds. The molecule has 15 heteroatoms. The van der Waals surface area contributed by atoms with Crippen molar-refractivity contribution in [1.82, 2.24) is 19.7 Å². The Morgan fingerprint density at radius 1 is 1.25 bits per heavy atom. The third-order valence-electron chi connectivity index (χ3n) is 6.73. The number of nitrogens with zero attached hydrogens (tertiary/aromatic N) is 4. The Morgan fingerprint density at radius 2 is 2.00 bits per heavy atom. The highest BCUT2D eigenvalue weighted by Gasteiger charge is 2.40. The fourth-order valence-electron chi connectivity index (χ4n) is 4.99. The average Bonchev–Trinajstić information content (AvgIpc) is 3.40. The molecule has 11 nitrogen and oxygen atoms in total. The van der Waals surface area contributed by atoms with Crippen LogP contribution in [0.4, 0.5) is 19.0 Å². The van der Waals surface area contributed by atoms with Crippen molar-refractivity contribution < 1.29 is 35.9 Å². The molecule has 40 heavy (non-hydrogen) atoms.